The summed E-state index contributed by atoms with van der Waals surface area (Å²) in [7, 11) is 1.63. The molecule has 2 aromatic heterocycles. The number of carbonyl (C=O) groups excluding carboxylic acids is 1. The van der Waals surface area contributed by atoms with Crippen molar-refractivity contribution in [3.05, 3.63) is 76.3 Å². The standard InChI is InChI=1S/C22H20N2O3S/c1-14-23-19-6-3-7-20(21(19)27-14)24-22(25)18(13-17-5-4-12-28-17)15-8-10-16(26-2)11-9-15/h3-12,18H,13H2,1-2H3,(H,24,25). The average molecular weight is 392 g/mol. The number of fused-ring (bicyclic) bond motifs is 1. The lowest BCUT2D eigenvalue weighted by Gasteiger charge is -2.17. The van der Waals surface area contributed by atoms with Crippen LogP contribution in [-0.2, 0) is 11.2 Å². The summed E-state index contributed by atoms with van der Waals surface area (Å²) in [5.41, 5.74) is 2.90. The Morgan fingerprint density at radius 2 is 2.00 bits per heavy atom. The Kier molecular flexibility index (Phi) is 5.12. The van der Waals surface area contributed by atoms with E-state index in [1.807, 2.05) is 53.9 Å². The van der Waals surface area contributed by atoms with Gasteiger partial charge in [0.25, 0.3) is 0 Å². The Morgan fingerprint density at radius 1 is 1.18 bits per heavy atom. The number of aryl methyl sites for hydroxylation is 1. The summed E-state index contributed by atoms with van der Waals surface area (Å²) in [4.78, 5) is 18.7. The van der Waals surface area contributed by atoms with Gasteiger partial charge in [-0.25, -0.2) is 4.98 Å². The highest BCUT2D eigenvalue weighted by molar-refractivity contribution is 7.09. The van der Waals surface area contributed by atoms with E-state index < -0.39 is 0 Å². The molecule has 0 fully saturated rings. The van der Waals surface area contributed by atoms with E-state index in [1.165, 1.54) is 0 Å². The van der Waals surface area contributed by atoms with Crippen LogP contribution in [0, 0.1) is 6.92 Å². The number of para-hydroxylation sites is 1. The van der Waals surface area contributed by atoms with Crippen molar-refractivity contribution in [3.8, 4) is 5.75 Å². The van der Waals surface area contributed by atoms with Gasteiger partial charge < -0.3 is 14.5 Å². The van der Waals surface area contributed by atoms with Crippen LogP contribution in [0.5, 0.6) is 5.75 Å². The molecule has 142 valence electrons. The van der Waals surface area contributed by atoms with Crippen molar-refractivity contribution in [3.63, 3.8) is 0 Å². The van der Waals surface area contributed by atoms with E-state index in [0.717, 1.165) is 21.7 Å². The Labute approximate surface area is 167 Å². The van der Waals surface area contributed by atoms with Crippen molar-refractivity contribution in [2.45, 2.75) is 19.3 Å². The second-order valence-corrected chi connectivity index (χ2v) is 7.52. The zero-order valence-electron chi connectivity index (χ0n) is 15.6. The van der Waals surface area contributed by atoms with E-state index in [1.54, 1.807) is 25.4 Å². The van der Waals surface area contributed by atoms with Crippen molar-refractivity contribution in [1.29, 1.82) is 0 Å². The zero-order chi connectivity index (χ0) is 19.5. The maximum atomic E-state index is 13.2. The Balaban J connectivity index is 1.65. The lowest BCUT2D eigenvalue weighted by atomic mass is 9.93. The van der Waals surface area contributed by atoms with Gasteiger partial charge in [-0.3, -0.25) is 4.79 Å². The Morgan fingerprint density at radius 3 is 2.71 bits per heavy atom. The van der Waals surface area contributed by atoms with Crippen molar-refractivity contribution in [2.24, 2.45) is 0 Å². The number of carbonyl (C=O) groups is 1. The molecule has 1 atom stereocenters. The third-order valence-electron chi connectivity index (χ3n) is 4.60. The number of thiophene rings is 1. The first kappa shape index (κ1) is 18.3. The molecule has 0 aliphatic carbocycles. The predicted octanol–water partition coefficient (Wildman–Crippen LogP) is 5.17. The number of aromatic nitrogens is 1. The minimum absolute atomic E-state index is 0.0832. The molecule has 28 heavy (non-hydrogen) atoms. The normalized spacial score (nSPS) is 12.1. The van der Waals surface area contributed by atoms with Crippen LogP contribution in [0.1, 0.15) is 22.2 Å². The number of anilines is 1. The van der Waals surface area contributed by atoms with Crippen molar-refractivity contribution >= 4 is 34.0 Å². The van der Waals surface area contributed by atoms with Gasteiger partial charge in [-0.15, -0.1) is 11.3 Å². The van der Waals surface area contributed by atoms with Gasteiger partial charge >= 0.3 is 0 Å². The molecule has 6 heteroatoms. The summed E-state index contributed by atoms with van der Waals surface area (Å²) in [5, 5.41) is 5.06. The van der Waals surface area contributed by atoms with E-state index in [-0.39, 0.29) is 11.8 Å². The lowest BCUT2D eigenvalue weighted by Crippen LogP contribution is -2.23. The van der Waals surface area contributed by atoms with Gasteiger partial charge in [-0.1, -0.05) is 24.3 Å². The zero-order valence-corrected chi connectivity index (χ0v) is 16.5. The van der Waals surface area contributed by atoms with E-state index in [4.69, 9.17) is 9.15 Å². The monoisotopic (exact) mass is 392 g/mol. The average Bonchev–Trinajstić information content (AvgIpc) is 3.35. The highest BCUT2D eigenvalue weighted by Crippen LogP contribution is 2.29. The quantitative estimate of drug-likeness (QED) is 0.492. The number of oxazole rings is 1. The van der Waals surface area contributed by atoms with E-state index in [0.29, 0.717) is 23.6 Å². The van der Waals surface area contributed by atoms with Crippen molar-refractivity contribution < 1.29 is 13.9 Å². The van der Waals surface area contributed by atoms with Crippen LogP contribution in [-0.4, -0.2) is 18.0 Å². The van der Waals surface area contributed by atoms with Gasteiger partial charge in [0.15, 0.2) is 11.5 Å². The van der Waals surface area contributed by atoms with E-state index >= 15 is 0 Å². The van der Waals surface area contributed by atoms with Crippen LogP contribution in [0.15, 0.2) is 64.4 Å². The van der Waals surface area contributed by atoms with Gasteiger partial charge in [0, 0.05) is 11.8 Å². The number of methoxy groups -OCH3 is 1. The topological polar surface area (TPSA) is 64.4 Å². The molecular formula is C22H20N2O3S. The van der Waals surface area contributed by atoms with Crippen LogP contribution in [0.4, 0.5) is 5.69 Å². The first-order valence-corrected chi connectivity index (χ1v) is 9.85. The number of hydrogen-bond acceptors (Lipinski definition) is 5. The van der Waals surface area contributed by atoms with E-state index in [9.17, 15) is 4.79 Å². The number of nitrogens with zero attached hydrogens (tertiary/aromatic N) is 1. The largest absolute Gasteiger partial charge is 0.497 e. The summed E-state index contributed by atoms with van der Waals surface area (Å²) < 4.78 is 10.9. The molecule has 1 amide bonds. The predicted molar refractivity (Wildman–Crippen MR) is 111 cm³/mol. The molecule has 0 saturated heterocycles. The molecule has 0 saturated carbocycles. The Bertz CT molecular complexity index is 1080. The summed E-state index contributed by atoms with van der Waals surface area (Å²) in [6.45, 7) is 1.79. The molecule has 0 bridgehead atoms. The van der Waals surface area contributed by atoms with Crippen LogP contribution in [0.2, 0.25) is 0 Å². The minimum atomic E-state index is -0.330. The number of amides is 1. The third-order valence-corrected chi connectivity index (χ3v) is 5.50. The molecule has 5 nitrogen and oxygen atoms in total. The Hall–Kier alpha value is -3.12. The van der Waals surface area contributed by atoms with Gasteiger partial charge in [0.05, 0.1) is 18.7 Å². The number of ether oxygens (including phenoxy) is 1. The van der Waals surface area contributed by atoms with E-state index in [2.05, 4.69) is 16.4 Å². The smallest absolute Gasteiger partial charge is 0.232 e. The summed E-state index contributed by atoms with van der Waals surface area (Å²) in [5.74, 6) is 0.923. The summed E-state index contributed by atoms with van der Waals surface area (Å²) >= 11 is 1.65. The molecule has 4 aromatic rings. The third kappa shape index (κ3) is 3.77. The van der Waals surface area contributed by atoms with Gasteiger partial charge in [0.1, 0.15) is 11.3 Å². The maximum Gasteiger partial charge on any atom is 0.232 e. The van der Waals surface area contributed by atoms with Gasteiger partial charge in [-0.2, -0.15) is 0 Å². The number of nitrogens with one attached hydrogen (secondary N) is 1. The second-order valence-electron chi connectivity index (χ2n) is 6.49. The second kappa shape index (κ2) is 7.86. The van der Waals surface area contributed by atoms with Crippen LogP contribution >= 0.6 is 11.3 Å². The highest BCUT2D eigenvalue weighted by Gasteiger charge is 2.23. The molecule has 4 rings (SSSR count). The fraction of sp³-hybridized carbons (Fsp3) is 0.182. The van der Waals surface area contributed by atoms with Gasteiger partial charge in [-0.05, 0) is 47.7 Å². The first-order chi connectivity index (χ1) is 13.6. The minimum Gasteiger partial charge on any atom is -0.497 e. The maximum absolute atomic E-state index is 13.2. The SMILES string of the molecule is COc1ccc(C(Cc2cccs2)C(=O)Nc2cccc3nc(C)oc23)cc1. The molecule has 2 heterocycles. The molecule has 1 unspecified atom stereocenters. The van der Waals surface area contributed by atoms with Crippen molar-refractivity contribution in [1.82, 2.24) is 4.98 Å². The lowest BCUT2D eigenvalue weighted by molar-refractivity contribution is -0.117. The molecule has 0 spiro atoms. The molecule has 0 radical (unpaired) electrons. The fourth-order valence-electron chi connectivity index (χ4n) is 3.21. The molecule has 0 aliphatic heterocycles. The summed E-state index contributed by atoms with van der Waals surface area (Å²) in [6.07, 6.45) is 0.626. The van der Waals surface area contributed by atoms with Crippen LogP contribution < -0.4 is 10.1 Å². The number of benzene rings is 2. The molecule has 2 aromatic carbocycles. The number of rotatable bonds is 6. The van der Waals surface area contributed by atoms with Crippen molar-refractivity contribution in [2.75, 3.05) is 12.4 Å². The van der Waals surface area contributed by atoms with Crippen LogP contribution in [0.25, 0.3) is 11.1 Å². The van der Waals surface area contributed by atoms with Crippen LogP contribution in [0.3, 0.4) is 0 Å². The van der Waals surface area contributed by atoms with Gasteiger partial charge in [0.2, 0.25) is 5.91 Å². The highest BCUT2D eigenvalue weighted by atomic mass is 32.1. The molecular weight excluding hydrogens is 372 g/mol. The first-order valence-electron chi connectivity index (χ1n) is 8.97. The fourth-order valence-corrected chi connectivity index (χ4v) is 3.96. The molecule has 0 aliphatic rings. The molecule has 1 N–H and O–H groups in total. The summed E-state index contributed by atoms with van der Waals surface area (Å²) in [6, 6.07) is 17.3. The number of hydrogen-bond donors (Lipinski definition) is 1.